The van der Waals surface area contributed by atoms with Gasteiger partial charge in [0.25, 0.3) is 0 Å². The summed E-state index contributed by atoms with van der Waals surface area (Å²) in [5, 5.41) is 3.50. The van der Waals surface area contributed by atoms with Crippen LogP contribution in [0.4, 0.5) is 0 Å². The van der Waals surface area contributed by atoms with E-state index in [1.807, 2.05) is 6.92 Å². The van der Waals surface area contributed by atoms with Gasteiger partial charge in [0, 0.05) is 19.8 Å². The SMILES string of the molecule is CCCNC(CCC(C)OC)COCC. The van der Waals surface area contributed by atoms with E-state index >= 15 is 0 Å². The fourth-order valence-electron chi connectivity index (χ4n) is 1.41. The zero-order valence-corrected chi connectivity index (χ0v) is 10.7. The van der Waals surface area contributed by atoms with Crippen molar-refractivity contribution in [1.82, 2.24) is 5.32 Å². The van der Waals surface area contributed by atoms with Crippen LogP contribution in [0.3, 0.4) is 0 Å². The summed E-state index contributed by atoms with van der Waals surface area (Å²) in [6.07, 6.45) is 3.72. The Hall–Kier alpha value is -0.120. The number of hydrogen-bond acceptors (Lipinski definition) is 3. The predicted octanol–water partition coefficient (Wildman–Crippen LogP) is 2.21. The van der Waals surface area contributed by atoms with Crippen LogP contribution in [0.15, 0.2) is 0 Å². The largest absolute Gasteiger partial charge is 0.382 e. The Bertz CT molecular complexity index is 123. The molecular formula is C12H27NO2. The smallest absolute Gasteiger partial charge is 0.0619 e. The maximum Gasteiger partial charge on any atom is 0.0619 e. The summed E-state index contributed by atoms with van der Waals surface area (Å²) < 4.78 is 10.7. The number of nitrogens with one attached hydrogen (secondary N) is 1. The molecular weight excluding hydrogens is 190 g/mol. The molecule has 0 aliphatic heterocycles. The summed E-state index contributed by atoms with van der Waals surface area (Å²) in [6.45, 7) is 9.00. The van der Waals surface area contributed by atoms with Crippen molar-refractivity contribution in [3.05, 3.63) is 0 Å². The molecule has 0 saturated carbocycles. The molecule has 1 N–H and O–H groups in total. The molecule has 0 aromatic rings. The van der Waals surface area contributed by atoms with Gasteiger partial charge in [0.1, 0.15) is 0 Å². The van der Waals surface area contributed by atoms with Gasteiger partial charge in [-0.25, -0.2) is 0 Å². The van der Waals surface area contributed by atoms with Crippen molar-refractivity contribution in [2.75, 3.05) is 26.9 Å². The van der Waals surface area contributed by atoms with Crippen molar-refractivity contribution < 1.29 is 9.47 Å². The molecule has 0 aromatic carbocycles. The van der Waals surface area contributed by atoms with E-state index in [1.165, 1.54) is 6.42 Å². The van der Waals surface area contributed by atoms with Gasteiger partial charge in [-0.05, 0) is 39.7 Å². The van der Waals surface area contributed by atoms with E-state index in [2.05, 4.69) is 19.2 Å². The van der Waals surface area contributed by atoms with Crippen molar-refractivity contribution >= 4 is 0 Å². The van der Waals surface area contributed by atoms with Crippen LogP contribution in [-0.2, 0) is 9.47 Å². The summed E-state index contributed by atoms with van der Waals surface area (Å²) in [7, 11) is 1.77. The molecule has 0 saturated heterocycles. The molecule has 2 unspecified atom stereocenters. The minimum Gasteiger partial charge on any atom is -0.382 e. The molecule has 0 rings (SSSR count). The monoisotopic (exact) mass is 217 g/mol. The second-order valence-electron chi connectivity index (χ2n) is 3.93. The van der Waals surface area contributed by atoms with Crippen LogP contribution in [0.5, 0.6) is 0 Å². The van der Waals surface area contributed by atoms with Crippen LogP contribution in [0.25, 0.3) is 0 Å². The van der Waals surface area contributed by atoms with Gasteiger partial charge in [0.05, 0.1) is 12.7 Å². The summed E-state index contributed by atoms with van der Waals surface area (Å²) in [4.78, 5) is 0. The Morgan fingerprint density at radius 1 is 1.20 bits per heavy atom. The van der Waals surface area contributed by atoms with Gasteiger partial charge in [0.15, 0.2) is 0 Å². The second-order valence-corrected chi connectivity index (χ2v) is 3.93. The average molecular weight is 217 g/mol. The van der Waals surface area contributed by atoms with Gasteiger partial charge in [0.2, 0.25) is 0 Å². The average Bonchev–Trinajstić information content (AvgIpc) is 2.27. The van der Waals surface area contributed by atoms with Gasteiger partial charge in [-0.15, -0.1) is 0 Å². The first-order valence-electron chi connectivity index (χ1n) is 6.08. The molecule has 92 valence electrons. The van der Waals surface area contributed by atoms with Gasteiger partial charge in [-0.1, -0.05) is 6.92 Å². The molecule has 0 aliphatic rings. The van der Waals surface area contributed by atoms with E-state index in [0.717, 1.165) is 32.6 Å². The molecule has 0 heterocycles. The molecule has 0 spiro atoms. The minimum atomic E-state index is 0.345. The van der Waals surface area contributed by atoms with E-state index in [4.69, 9.17) is 9.47 Å². The molecule has 0 aliphatic carbocycles. The molecule has 2 atom stereocenters. The normalized spacial score (nSPS) is 15.2. The summed E-state index contributed by atoms with van der Waals surface area (Å²) in [5.41, 5.74) is 0. The van der Waals surface area contributed by atoms with Crippen molar-refractivity contribution in [3.63, 3.8) is 0 Å². The lowest BCUT2D eigenvalue weighted by molar-refractivity contribution is 0.0891. The zero-order chi connectivity index (χ0) is 11.5. The molecule has 0 fully saturated rings. The molecule has 15 heavy (non-hydrogen) atoms. The quantitative estimate of drug-likeness (QED) is 0.608. The van der Waals surface area contributed by atoms with Crippen LogP contribution in [0.1, 0.15) is 40.0 Å². The Kier molecular flexibility index (Phi) is 10.3. The molecule has 0 aromatic heterocycles. The maximum absolute atomic E-state index is 5.46. The van der Waals surface area contributed by atoms with Crippen LogP contribution in [-0.4, -0.2) is 39.0 Å². The topological polar surface area (TPSA) is 30.5 Å². The lowest BCUT2D eigenvalue weighted by Crippen LogP contribution is -2.34. The number of hydrogen-bond donors (Lipinski definition) is 1. The van der Waals surface area contributed by atoms with Gasteiger partial charge >= 0.3 is 0 Å². The van der Waals surface area contributed by atoms with Crippen molar-refractivity contribution in [3.8, 4) is 0 Å². The highest BCUT2D eigenvalue weighted by molar-refractivity contribution is 4.67. The van der Waals surface area contributed by atoms with Crippen molar-refractivity contribution in [2.45, 2.75) is 52.2 Å². The standard InChI is InChI=1S/C12H27NO2/c1-5-9-13-12(10-15-6-2)8-7-11(3)14-4/h11-13H,5-10H2,1-4H3. The summed E-state index contributed by atoms with van der Waals surface area (Å²) in [6, 6.07) is 0.475. The highest BCUT2D eigenvalue weighted by Gasteiger charge is 2.09. The third-order valence-electron chi connectivity index (χ3n) is 2.53. The highest BCUT2D eigenvalue weighted by Crippen LogP contribution is 2.04. The van der Waals surface area contributed by atoms with Gasteiger partial charge in [-0.2, -0.15) is 0 Å². The Labute approximate surface area is 94.5 Å². The first-order valence-corrected chi connectivity index (χ1v) is 6.08. The maximum atomic E-state index is 5.46. The first-order chi connectivity index (χ1) is 7.24. The predicted molar refractivity (Wildman–Crippen MR) is 64.3 cm³/mol. The van der Waals surface area contributed by atoms with Crippen LogP contribution in [0.2, 0.25) is 0 Å². The van der Waals surface area contributed by atoms with Crippen molar-refractivity contribution in [2.24, 2.45) is 0 Å². The van der Waals surface area contributed by atoms with E-state index < -0.39 is 0 Å². The Morgan fingerprint density at radius 3 is 2.47 bits per heavy atom. The van der Waals surface area contributed by atoms with Crippen LogP contribution < -0.4 is 5.32 Å². The molecule has 0 bridgehead atoms. The third-order valence-corrected chi connectivity index (χ3v) is 2.53. The van der Waals surface area contributed by atoms with Crippen LogP contribution >= 0.6 is 0 Å². The molecule has 0 radical (unpaired) electrons. The number of methoxy groups -OCH3 is 1. The van der Waals surface area contributed by atoms with E-state index in [1.54, 1.807) is 7.11 Å². The fourth-order valence-corrected chi connectivity index (χ4v) is 1.41. The fraction of sp³-hybridized carbons (Fsp3) is 1.00. The lowest BCUT2D eigenvalue weighted by Gasteiger charge is -2.19. The molecule has 3 heteroatoms. The third kappa shape index (κ3) is 8.85. The summed E-state index contributed by atoms with van der Waals surface area (Å²) >= 11 is 0. The zero-order valence-electron chi connectivity index (χ0n) is 10.7. The number of rotatable bonds is 10. The van der Waals surface area contributed by atoms with Gasteiger partial charge < -0.3 is 14.8 Å². The van der Waals surface area contributed by atoms with E-state index in [0.29, 0.717) is 12.1 Å². The summed E-state index contributed by atoms with van der Waals surface area (Å²) in [5.74, 6) is 0. The Balaban J connectivity index is 3.67. The molecule has 3 nitrogen and oxygen atoms in total. The van der Waals surface area contributed by atoms with Gasteiger partial charge in [-0.3, -0.25) is 0 Å². The van der Waals surface area contributed by atoms with E-state index in [9.17, 15) is 0 Å². The number of ether oxygens (including phenoxy) is 2. The highest BCUT2D eigenvalue weighted by atomic mass is 16.5. The Morgan fingerprint density at radius 2 is 1.93 bits per heavy atom. The van der Waals surface area contributed by atoms with Crippen molar-refractivity contribution in [1.29, 1.82) is 0 Å². The second kappa shape index (κ2) is 10.4. The van der Waals surface area contributed by atoms with Crippen LogP contribution in [0, 0.1) is 0 Å². The molecule has 0 amide bonds. The first kappa shape index (κ1) is 14.9. The minimum absolute atomic E-state index is 0.345. The lowest BCUT2D eigenvalue weighted by atomic mass is 10.1. The van der Waals surface area contributed by atoms with E-state index in [-0.39, 0.29) is 0 Å².